The van der Waals surface area contributed by atoms with Gasteiger partial charge in [-0.05, 0) is 44.4 Å². The molecule has 1 aromatic carbocycles. The van der Waals surface area contributed by atoms with Gasteiger partial charge in [0.05, 0.1) is 21.7 Å². The minimum Gasteiger partial charge on any atom is -0.339 e. The molecule has 1 fully saturated rings. The topological polar surface area (TPSA) is 54.7 Å². The first kappa shape index (κ1) is 19.5. The first-order valence-corrected chi connectivity index (χ1v) is 11.0. The molecule has 1 aromatic heterocycles. The third-order valence-corrected chi connectivity index (χ3v) is 6.80. The number of aromatic nitrogens is 1. The second-order valence-electron chi connectivity index (χ2n) is 6.49. The van der Waals surface area contributed by atoms with Crippen LogP contribution in [-0.2, 0) is 16.6 Å². The van der Waals surface area contributed by atoms with Gasteiger partial charge in [0.1, 0.15) is 0 Å². The predicted octanol–water partition coefficient (Wildman–Crippen LogP) is 3.45. The molecule has 8 heteroatoms. The smallest absolute Gasteiger partial charge is 0.258 e. The Morgan fingerprint density at radius 2 is 2.15 bits per heavy atom. The fourth-order valence-electron chi connectivity index (χ4n) is 3.13. The van der Waals surface area contributed by atoms with E-state index in [9.17, 15) is 9.59 Å². The molecule has 0 bridgehead atoms. The molecule has 5 nitrogen and oxygen atoms in total. The zero-order chi connectivity index (χ0) is 18.7. The molecule has 0 aliphatic carbocycles. The molecule has 2 aromatic rings. The molecule has 2 heterocycles. The minimum absolute atomic E-state index is 0.122. The zero-order valence-electron chi connectivity index (χ0n) is 14.9. The van der Waals surface area contributed by atoms with Crippen molar-refractivity contribution in [2.45, 2.75) is 32.2 Å². The number of nitrogens with zero attached hydrogens (tertiary/aromatic N) is 3. The molecule has 1 aliphatic heterocycles. The van der Waals surface area contributed by atoms with Gasteiger partial charge in [0.2, 0.25) is 5.91 Å². The van der Waals surface area contributed by atoms with Crippen LogP contribution in [0.4, 0.5) is 0 Å². The Hall–Kier alpha value is -1.31. The molecular formula is C18H22ClN3O2S2. The van der Waals surface area contributed by atoms with Crippen molar-refractivity contribution < 1.29 is 9.59 Å². The predicted molar refractivity (Wildman–Crippen MR) is 109 cm³/mol. The first-order chi connectivity index (χ1) is 12.5. The van der Waals surface area contributed by atoms with Crippen LogP contribution in [0.15, 0.2) is 23.2 Å². The second-order valence-corrected chi connectivity index (χ2v) is 8.92. The molecule has 140 valence electrons. The largest absolute Gasteiger partial charge is 0.339 e. The molecule has 26 heavy (non-hydrogen) atoms. The van der Waals surface area contributed by atoms with Crippen LogP contribution in [0.3, 0.4) is 0 Å². The molecule has 1 aliphatic rings. The molecule has 0 radical (unpaired) electrons. The van der Waals surface area contributed by atoms with Gasteiger partial charge in [-0.15, -0.1) is 11.8 Å². The summed E-state index contributed by atoms with van der Waals surface area (Å²) in [5.41, 5.74) is 0.993. The highest BCUT2D eigenvalue weighted by Gasteiger charge is 2.22. The van der Waals surface area contributed by atoms with Crippen LogP contribution in [0.1, 0.15) is 26.2 Å². The van der Waals surface area contributed by atoms with E-state index < -0.39 is 0 Å². The van der Waals surface area contributed by atoms with E-state index in [4.69, 9.17) is 11.6 Å². The number of piperidine rings is 1. The summed E-state index contributed by atoms with van der Waals surface area (Å²) in [6.45, 7) is 2.93. The maximum absolute atomic E-state index is 12.3. The van der Waals surface area contributed by atoms with Gasteiger partial charge in [-0.1, -0.05) is 22.9 Å². The van der Waals surface area contributed by atoms with Crippen molar-refractivity contribution in [1.29, 1.82) is 0 Å². The number of halogens is 1. The summed E-state index contributed by atoms with van der Waals surface area (Å²) in [6.07, 6.45) is 3.32. The number of benzene rings is 1. The minimum atomic E-state index is -0.220. The molecule has 0 saturated carbocycles. The highest BCUT2D eigenvalue weighted by molar-refractivity contribution is 8.00. The van der Waals surface area contributed by atoms with E-state index >= 15 is 0 Å². The summed E-state index contributed by atoms with van der Waals surface area (Å²) in [6, 6.07) is 5.93. The van der Waals surface area contributed by atoms with Gasteiger partial charge < -0.3 is 9.47 Å². The highest BCUT2D eigenvalue weighted by Crippen LogP contribution is 2.21. The maximum atomic E-state index is 12.3. The molecule has 3 rings (SSSR count). The number of aryl methyl sites for hydroxylation is 1. The van der Waals surface area contributed by atoms with Gasteiger partial charge in [0.25, 0.3) is 5.91 Å². The van der Waals surface area contributed by atoms with Crippen molar-refractivity contribution in [2.24, 2.45) is 12.0 Å². The number of hydrogen-bond donors (Lipinski definition) is 0. The quantitative estimate of drug-likeness (QED) is 0.774. The van der Waals surface area contributed by atoms with Crippen LogP contribution in [0.2, 0.25) is 5.02 Å². The average molecular weight is 412 g/mol. The number of amides is 2. The van der Waals surface area contributed by atoms with E-state index in [0.29, 0.717) is 21.6 Å². The lowest BCUT2D eigenvalue weighted by atomic mass is 10.0. The Bertz CT molecular complexity index is 890. The second kappa shape index (κ2) is 8.59. The monoisotopic (exact) mass is 411 g/mol. The lowest BCUT2D eigenvalue weighted by Crippen LogP contribution is -2.43. The van der Waals surface area contributed by atoms with Gasteiger partial charge in [-0.2, -0.15) is 4.99 Å². The van der Waals surface area contributed by atoms with E-state index in [1.54, 1.807) is 0 Å². The van der Waals surface area contributed by atoms with E-state index in [0.717, 1.165) is 29.6 Å². The van der Waals surface area contributed by atoms with Crippen molar-refractivity contribution in [3.8, 4) is 0 Å². The number of thioether (sulfide) groups is 1. The third kappa shape index (κ3) is 4.50. The van der Waals surface area contributed by atoms with Crippen LogP contribution in [0.5, 0.6) is 0 Å². The lowest BCUT2D eigenvalue weighted by molar-refractivity contribution is -0.131. The summed E-state index contributed by atoms with van der Waals surface area (Å²) in [7, 11) is 1.88. The van der Waals surface area contributed by atoms with Crippen molar-refractivity contribution in [2.75, 3.05) is 18.1 Å². The Morgan fingerprint density at radius 1 is 1.35 bits per heavy atom. The molecule has 2 amide bonds. The Balaban J connectivity index is 1.59. The van der Waals surface area contributed by atoms with Gasteiger partial charge in [0.15, 0.2) is 4.80 Å². The Kier molecular flexibility index (Phi) is 6.42. The van der Waals surface area contributed by atoms with E-state index in [1.807, 2.05) is 34.7 Å². The molecule has 1 atom stereocenters. The van der Waals surface area contributed by atoms with Gasteiger partial charge in [-0.25, -0.2) is 0 Å². The molecule has 1 saturated heterocycles. The number of rotatable bonds is 4. The van der Waals surface area contributed by atoms with Crippen LogP contribution >= 0.6 is 34.7 Å². The van der Waals surface area contributed by atoms with E-state index in [1.165, 1.54) is 29.5 Å². The standard InChI is InChI=1S/C18H22ClN3O2S2/c1-12-5-3-4-8-22(12)17(24)11-25-10-16(23)20-18-21(2)14-7-6-13(19)9-15(14)26-18/h6-7,9,12H,3-5,8,10-11H2,1-2H3/t12-/m1/s1. The number of carbonyl (C=O) groups is 2. The summed E-state index contributed by atoms with van der Waals surface area (Å²) in [4.78, 5) is 31.3. The fraction of sp³-hybridized carbons (Fsp3) is 0.500. The van der Waals surface area contributed by atoms with Gasteiger partial charge in [-0.3, -0.25) is 9.59 Å². The number of thiazole rings is 1. The van der Waals surface area contributed by atoms with Crippen LogP contribution in [0, 0.1) is 0 Å². The molecule has 0 spiro atoms. The molecule has 0 N–H and O–H groups in total. The first-order valence-electron chi connectivity index (χ1n) is 8.65. The highest BCUT2D eigenvalue weighted by atomic mass is 35.5. The van der Waals surface area contributed by atoms with Crippen molar-refractivity contribution >= 4 is 56.7 Å². The van der Waals surface area contributed by atoms with Crippen LogP contribution in [0.25, 0.3) is 10.2 Å². The van der Waals surface area contributed by atoms with E-state index in [2.05, 4.69) is 11.9 Å². The average Bonchev–Trinajstić information content (AvgIpc) is 2.90. The number of fused-ring (bicyclic) bond motifs is 1. The number of likely N-dealkylation sites (tertiary alicyclic amines) is 1. The normalized spacial score (nSPS) is 18.5. The van der Waals surface area contributed by atoms with Crippen LogP contribution < -0.4 is 4.80 Å². The summed E-state index contributed by atoms with van der Waals surface area (Å²) >= 11 is 8.79. The zero-order valence-corrected chi connectivity index (χ0v) is 17.3. The van der Waals surface area contributed by atoms with Crippen molar-refractivity contribution in [3.05, 3.63) is 28.0 Å². The number of hydrogen-bond acceptors (Lipinski definition) is 4. The summed E-state index contributed by atoms with van der Waals surface area (Å²) in [5.74, 6) is 0.447. The Labute approximate surface area is 166 Å². The fourth-order valence-corrected chi connectivity index (χ4v) is 5.12. The molecular weight excluding hydrogens is 390 g/mol. The van der Waals surface area contributed by atoms with Crippen molar-refractivity contribution in [3.63, 3.8) is 0 Å². The maximum Gasteiger partial charge on any atom is 0.258 e. The number of carbonyl (C=O) groups excluding carboxylic acids is 2. The summed E-state index contributed by atoms with van der Waals surface area (Å²) < 4.78 is 2.88. The summed E-state index contributed by atoms with van der Waals surface area (Å²) in [5, 5.41) is 0.665. The lowest BCUT2D eigenvalue weighted by Gasteiger charge is -2.33. The van der Waals surface area contributed by atoms with Gasteiger partial charge in [0, 0.05) is 24.7 Å². The Morgan fingerprint density at radius 3 is 2.92 bits per heavy atom. The van der Waals surface area contributed by atoms with Gasteiger partial charge >= 0.3 is 0 Å². The van der Waals surface area contributed by atoms with E-state index in [-0.39, 0.29) is 17.6 Å². The van der Waals surface area contributed by atoms with Crippen molar-refractivity contribution in [1.82, 2.24) is 9.47 Å². The SMILES string of the molecule is C[C@@H]1CCCCN1C(=O)CSCC(=O)N=c1sc2cc(Cl)ccc2n1C. The molecule has 0 unspecified atom stereocenters. The van der Waals surface area contributed by atoms with Crippen LogP contribution in [-0.4, -0.2) is 45.4 Å². The third-order valence-electron chi connectivity index (χ3n) is 4.57.